The molecule has 0 aliphatic rings. The van der Waals surface area contributed by atoms with Crippen molar-refractivity contribution in [2.24, 2.45) is 11.1 Å². The van der Waals surface area contributed by atoms with E-state index >= 15 is 0 Å². The minimum atomic E-state index is 0.459. The van der Waals surface area contributed by atoms with Gasteiger partial charge in [0, 0.05) is 0 Å². The molecule has 2 N–H and O–H groups in total. The van der Waals surface area contributed by atoms with Crippen LogP contribution in [-0.4, -0.2) is 6.54 Å². The van der Waals surface area contributed by atoms with E-state index in [-0.39, 0.29) is 0 Å². The lowest BCUT2D eigenvalue weighted by Gasteiger charge is -2.31. The molecule has 0 amide bonds. The fraction of sp³-hybridized carbons (Fsp3) is 1.00. The lowest BCUT2D eigenvalue weighted by Crippen LogP contribution is -2.29. The van der Waals surface area contributed by atoms with Crippen LogP contribution >= 0.6 is 0 Å². The Morgan fingerprint density at radius 1 is 0.706 bits per heavy atom. The number of hydrogen-bond acceptors (Lipinski definition) is 1. The Morgan fingerprint density at radius 3 is 1.76 bits per heavy atom. The van der Waals surface area contributed by atoms with Gasteiger partial charge in [-0.05, 0) is 31.2 Å². The summed E-state index contributed by atoms with van der Waals surface area (Å²) >= 11 is 0. The summed E-state index contributed by atoms with van der Waals surface area (Å²) in [7, 11) is 0. The quantitative estimate of drug-likeness (QED) is 0.462. The summed E-state index contributed by atoms with van der Waals surface area (Å²) < 4.78 is 0. The van der Waals surface area contributed by atoms with Crippen molar-refractivity contribution in [2.45, 2.75) is 91.4 Å². The molecule has 0 spiro atoms. The van der Waals surface area contributed by atoms with Crippen LogP contribution in [0.2, 0.25) is 0 Å². The highest BCUT2D eigenvalue weighted by molar-refractivity contribution is 4.78. The van der Waals surface area contributed by atoms with Crippen molar-refractivity contribution in [3.05, 3.63) is 0 Å². The van der Waals surface area contributed by atoms with Gasteiger partial charge in [0.05, 0.1) is 0 Å². The van der Waals surface area contributed by atoms with Crippen LogP contribution in [0.5, 0.6) is 0 Å². The van der Waals surface area contributed by atoms with Crippen LogP contribution in [-0.2, 0) is 0 Å². The molecule has 0 aliphatic carbocycles. The van der Waals surface area contributed by atoms with Gasteiger partial charge in [0.25, 0.3) is 0 Å². The Hall–Kier alpha value is -0.0400. The van der Waals surface area contributed by atoms with Crippen LogP contribution in [0.4, 0.5) is 0 Å². The summed E-state index contributed by atoms with van der Waals surface area (Å²) in [6.45, 7) is 7.76. The van der Waals surface area contributed by atoms with Crippen LogP contribution in [0.25, 0.3) is 0 Å². The van der Waals surface area contributed by atoms with Gasteiger partial charge in [-0.3, -0.25) is 0 Å². The molecule has 0 bridgehead atoms. The molecule has 1 atom stereocenters. The summed E-state index contributed by atoms with van der Waals surface area (Å²) in [4.78, 5) is 0. The smallest absolute Gasteiger partial charge is 0.00206 e. The van der Waals surface area contributed by atoms with E-state index in [9.17, 15) is 0 Å². The average Bonchev–Trinajstić information content (AvgIpc) is 2.38. The summed E-state index contributed by atoms with van der Waals surface area (Å²) in [6, 6.07) is 0. The highest BCUT2D eigenvalue weighted by Crippen LogP contribution is 2.33. The fourth-order valence-corrected chi connectivity index (χ4v) is 2.66. The zero-order chi connectivity index (χ0) is 13.0. The highest BCUT2D eigenvalue weighted by Gasteiger charge is 2.24. The Labute approximate surface area is 110 Å². The summed E-state index contributed by atoms with van der Waals surface area (Å²) in [6.07, 6.45) is 15.0. The maximum absolute atomic E-state index is 6.02. The Kier molecular flexibility index (Phi) is 11.0. The van der Waals surface area contributed by atoms with Crippen LogP contribution in [0.3, 0.4) is 0 Å². The molecule has 0 fully saturated rings. The molecule has 0 aromatic heterocycles. The molecule has 0 aromatic carbocycles. The summed E-state index contributed by atoms with van der Waals surface area (Å²) in [5.74, 6) is 0. The molecule has 1 nitrogen and oxygen atoms in total. The van der Waals surface area contributed by atoms with Gasteiger partial charge in [0.1, 0.15) is 0 Å². The molecule has 0 saturated heterocycles. The van der Waals surface area contributed by atoms with E-state index in [1.54, 1.807) is 0 Å². The zero-order valence-corrected chi connectivity index (χ0v) is 12.6. The second-order valence-electron chi connectivity index (χ2n) is 5.68. The van der Waals surface area contributed by atoms with E-state index in [4.69, 9.17) is 5.73 Å². The third-order valence-electron chi connectivity index (χ3n) is 4.30. The molecule has 0 aromatic rings. The highest BCUT2D eigenvalue weighted by atomic mass is 14.6. The van der Waals surface area contributed by atoms with Crippen LogP contribution in [0, 0.1) is 5.41 Å². The van der Waals surface area contributed by atoms with Gasteiger partial charge in [0.2, 0.25) is 0 Å². The van der Waals surface area contributed by atoms with Crippen molar-refractivity contribution in [3.8, 4) is 0 Å². The van der Waals surface area contributed by atoms with Crippen LogP contribution in [0.1, 0.15) is 91.4 Å². The number of unbranched alkanes of at least 4 members (excludes halogenated alkanes) is 6. The first-order valence-corrected chi connectivity index (χ1v) is 7.94. The first kappa shape index (κ1) is 17.0. The van der Waals surface area contributed by atoms with Gasteiger partial charge in [-0.25, -0.2) is 0 Å². The Bertz CT molecular complexity index is 150. The van der Waals surface area contributed by atoms with Crippen molar-refractivity contribution in [1.29, 1.82) is 0 Å². The Balaban J connectivity index is 3.75. The van der Waals surface area contributed by atoms with Crippen molar-refractivity contribution >= 4 is 0 Å². The largest absolute Gasteiger partial charge is 0.330 e. The van der Waals surface area contributed by atoms with Crippen LogP contribution in [0.15, 0.2) is 0 Å². The predicted octanol–water partition coefficient (Wildman–Crippen LogP) is 5.28. The Morgan fingerprint density at radius 2 is 1.24 bits per heavy atom. The minimum absolute atomic E-state index is 0.459. The predicted molar refractivity (Wildman–Crippen MR) is 79.3 cm³/mol. The van der Waals surface area contributed by atoms with Crippen LogP contribution < -0.4 is 5.73 Å². The van der Waals surface area contributed by atoms with E-state index in [1.807, 2.05) is 0 Å². The van der Waals surface area contributed by atoms with E-state index in [0.29, 0.717) is 5.41 Å². The average molecular weight is 241 g/mol. The van der Waals surface area contributed by atoms with Crippen molar-refractivity contribution in [2.75, 3.05) is 6.54 Å². The third kappa shape index (κ3) is 7.81. The van der Waals surface area contributed by atoms with E-state index in [1.165, 1.54) is 70.6 Å². The zero-order valence-electron chi connectivity index (χ0n) is 12.6. The molecule has 1 heteroatoms. The molecular weight excluding hydrogens is 206 g/mol. The maximum atomic E-state index is 6.02. The van der Waals surface area contributed by atoms with Gasteiger partial charge in [-0.1, -0.05) is 72.1 Å². The first-order chi connectivity index (χ1) is 8.24. The van der Waals surface area contributed by atoms with Crippen molar-refractivity contribution in [1.82, 2.24) is 0 Å². The molecule has 0 heterocycles. The molecule has 17 heavy (non-hydrogen) atoms. The monoisotopic (exact) mass is 241 g/mol. The molecule has 1 unspecified atom stereocenters. The van der Waals surface area contributed by atoms with Gasteiger partial charge >= 0.3 is 0 Å². The number of nitrogens with two attached hydrogens (primary N) is 1. The first-order valence-electron chi connectivity index (χ1n) is 7.94. The number of rotatable bonds is 12. The molecule has 0 aliphatic heterocycles. The van der Waals surface area contributed by atoms with Gasteiger partial charge in [-0.2, -0.15) is 0 Å². The second-order valence-corrected chi connectivity index (χ2v) is 5.68. The standard InChI is InChI=1S/C16H35N/c1-4-7-9-10-11-12-14-16(6-3,15-17)13-8-5-2/h4-15,17H2,1-3H3. The van der Waals surface area contributed by atoms with E-state index in [2.05, 4.69) is 20.8 Å². The van der Waals surface area contributed by atoms with Crippen molar-refractivity contribution < 1.29 is 0 Å². The van der Waals surface area contributed by atoms with Gasteiger partial charge in [-0.15, -0.1) is 0 Å². The second kappa shape index (κ2) is 11.1. The minimum Gasteiger partial charge on any atom is -0.330 e. The molecule has 104 valence electrons. The topological polar surface area (TPSA) is 26.0 Å². The SMILES string of the molecule is CCCCCCCCC(CC)(CN)CCCC. The van der Waals surface area contributed by atoms with Crippen molar-refractivity contribution in [3.63, 3.8) is 0 Å². The van der Waals surface area contributed by atoms with E-state index < -0.39 is 0 Å². The normalized spacial score (nSPS) is 14.8. The summed E-state index contributed by atoms with van der Waals surface area (Å²) in [5, 5.41) is 0. The van der Waals surface area contributed by atoms with Gasteiger partial charge < -0.3 is 5.73 Å². The lowest BCUT2D eigenvalue weighted by molar-refractivity contribution is 0.223. The fourth-order valence-electron chi connectivity index (χ4n) is 2.66. The molecule has 0 radical (unpaired) electrons. The van der Waals surface area contributed by atoms with E-state index in [0.717, 1.165) is 6.54 Å². The number of hydrogen-bond donors (Lipinski definition) is 1. The maximum Gasteiger partial charge on any atom is -0.00206 e. The molecule has 0 saturated carbocycles. The summed E-state index contributed by atoms with van der Waals surface area (Å²) in [5.41, 5.74) is 6.48. The third-order valence-corrected chi connectivity index (χ3v) is 4.30. The lowest BCUT2D eigenvalue weighted by atomic mass is 9.76. The molecular formula is C16H35N. The molecule has 0 rings (SSSR count). The van der Waals surface area contributed by atoms with Gasteiger partial charge in [0.15, 0.2) is 0 Å².